The molecule has 0 aliphatic heterocycles. The standard InChI is InChI=1S/C20H25NO4/c1-4-18(25-19-11-6-5-8-15(19)2)20(22)21-12-13-24-17-10-7-9-16(14-17)23-3/h5-11,14,18H,4,12-13H2,1-3H3,(H,21,22)/t18-/m1/s1. The summed E-state index contributed by atoms with van der Waals surface area (Å²) in [6.07, 6.45) is 0.0783. The van der Waals surface area contributed by atoms with Crippen molar-refractivity contribution in [3.63, 3.8) is 0 Å². The number of ether oxygens (including phenoxy) is 3. The van der Waals surface area contributed by atoms with Gasteiger partial charge in [0, 0.05) is 6.07 Å². The highest BCUT2D eigenvalue weighted by Gasteiger charge is 2.18. The van der Waals surface area contributed by atoms with Crippen LogP contribution >= 0.6 is 0 Å². The first-order valence-corrected chi connectivity index (χ1v) is 8.41. The Morgan fingerprint density at radius 3 is 2.60 bits per heavy atom. The fourth-order valence-corrected chi connectivity index (χ4v) is 2.31. The molecule has 1 atom stereocenters. The van der Waals surface area contributed by atoms with Gasteiger partial charge < -0.3 is 19.5 Å². The lowest BCUT2D eigenvalue weighted by Gasteiger charge is -2.18. The van der Waals surface area contributed by atoms with Crippen LogP contribution in [-0.2, 0) is 4.79 Å². The number of methoxy groups -OCH3 is 1. The third-order valence-corrected chi connectivity index (χ3v) is 3.74. The van der Waals surface area contributed by atoms with Gasteiger partial charge in [0.2, 0.25) is 0 Å². The second-order valence-electron chi connectivity index (χ2n) is 5.60. The number of aryl methyl sites for hydroxylation is 1. The van der Waals surface area contributed by atoms with E-state index in [2.05, 4.69) is 5.32 Å². The second-order valence-corrected chi connectivity index (χ2v) is 5.60. The topological polar surface area (TPSA) is 56.8 Å². The summed E-state index contributed by atoms with van der Waals surface area (Å²) >= 11 is 0. The summed E-state index contributed by atoms with van der Waals surface area (Å²) in [5, 5.41) is 2.85. The molecule has 25 heavy (non-hydrogen) atoms. The van der Waals surface area contributed by atoms with Crippen molar-refractivity contribution in [3.05, 3.63) is 54.1 Å². The van der Waals surface area contributed by atoms with Gasteiger partial charge in [-0.05, 0) is 37.1 Å². The van der Waals surface area contributed by atoms with Crippen LogP contribution in [0.2, 0.25) is 0 Å². The van der Waals surface area contributed by atoms with E-state index in [0.717, 1.165) is 17.1 Å². The Morgan fingerprint density at radius 2 is 1.88 bits per heavy atom. The monoisotopic (exact) mass is 343 g/mol. The maximum Gasteiger partial charge on any atom is 0.261 e. The van der Waals surface area contributed by atoms with Crippen LogP contribution in [0.4, 0.5) is 0 Å². The van der Waals surface area contributed by atoms with E-state index >= 15 is 0 Å². The van der Waals surface area contributed by atoms with E-state index in [4.69, 9.17) is 14.2 Å². The van der Waals surface area contributed by atoms with E-state index in [-0.39, 0.29) is 5.91 Å². The second kappa shape index (κ2) is 9.57. The minimum atomic E-state index is -0.516. The smallest absolute Gasteiger partial charge is 0.261 e. The van der Waals surface area contributed by atoms with Crippen LogP contribution in [0, 0.1) is 6.92 Å². The van der Waals surface area contributed by atoms with Crippen LogP contribution in [0.3, 0.4) is 0 Å². The van der Waals surface area contributed by atoms with Crippen LogP contribution in [0.25, 0.3) is 0 Å². The predicted octanol–water partition coefficient (Wildman–Crippen LogP) is 3.36. The minimum absolute atomic E-state index is 0.139. The first-order chi connectivity index (χ1) is 12.1. The summed E-state index contributed by atoms with van der Waals surface area (Å²) in [7, 11) is 1.61. The molecule has 0 aliphatic carbocycles. The van der Waals surface area contributed by atoms with Crippen LogP contribution in [-0.4, -0.2) is 32.3 Å². The van der Waals surface area contributed by atoms with Crippen molar-refractivity contribution in [2.45, 2.75) is 26.4 Å². The van der Waals surface area contributed by atoms with Gasteiger partial charge >= 0.3 is 0 Å². The molecule has 2 aromatic rings. The van der Waals surface area contributed by atoms with Gasteiger partial charge in [0.25, 0.3) is 5.91 Å². The molecule has 0 spiro atoms. The SMILES string of the molecule is CC[C@@H](Oc1ccccc1C)C(=O)NCCOc1cccc(OC)c1. The van der Waals surface area contributed by atoms with E-state index in [0.29, 0.717) is 25.3 Å². The third-order valence-electron chi connectivity index (χ3n) is 3.74. The zero-order valence-corrected chi connectivity index (χ0v) is 15.0. The van der Waals surface area contributed by atoms with Gasteiger partial charge in [-0.25, -0.2) is 0 Å². The first-order valence-electron chi connectivity index (χ1n) is 8.41. The molecule has 0 radical (unpaired) electrons. The molecule has 0 bridgehead atoms. The Hall–Kier alpha value is -2.69. The van der Waals surface area contributed by atoms with Crippen LogP contribution in [0.5, 0.6) is 17.2 Å². The summed E-state index contributed by atoms with van der Waals surface area (Å²) in [6, 6.07) is 15.0. The van der Waals surface area contributed by atoms with Gasteiger partial charge in [-0.15, -0.1) is 0 Å². The van der Waals surface area contributed by atoms with Gasteiger partial charge in [-0.2, -0.15) is 0 Å². The van der Waals surface area contributed by atoms with E-state index in [9.17, 15) is 4.79 Å². The lowest BCUT2D eigenvalue weighted by molar-refractivity contribution is -0.128. The number of carbonyl (C=O) groups excluding carboxylic acids is 1. The zero-order valence-electron chi connectivity index (χ0n) is 15.0. The van der Waals surface area contributed by atoms with Gasteiger partial charge in [0.15, 0.2) is 6.10 Å². The van der Waals surface area contributed by atoms with Crippen molar-refractivity contribution in [2.75, 3.05) is 20.3 Å². The Morgan fingerprint density at radius 1 is 1.12 bits per heavy atom. The van der Waals surface area contributed by atoms with Gasteiger partial charge in [0.1, 0.15) is 23.9 Å². The summed E-state index contributed by atoms with van der Waals surface area (Å²) in [6.45, 7) is 4.67. The van der Waals surface area contributed by atoms with E-state index in [1.807, 2.05) is 56.3 Å². The molecule has 1 N–H and O–H groups in total. The van der Waals surface area contributed by atoms with Gasteiger partial charge in [0.05, 0.1) is 13.7 Å². The van der Waals surface area contributed by atoms with E-state index < -0.39 is 6.10 Å². The van der Waals surface area contributed by atoms with Crippen molar-refractivity contribution >= 4 is 5.91 Å². The highest BCUT2D eigenvalue weighted by Crippen LogP contribution is 2.19. The van der Waals surface area contributed by atoms with Gasteiger partial charge in [-0.3, -0.25) is 4.79 Å². The Balaban J connectivity index is 1.79. The average Bonchev–Trinajstić information content (AvgIpc) is 2.64. The number of rotatable bonds is 9. The third kappa shape index (κ3) is 5.71. The zero-order chi connectivity index (χ0) is 18.1. The number of amides is 1. The van der Waals surface area contributed by atoms with Crippen molar-refractivity contribution in [1.82, 2.24) is 5.32 Å². The number of para-hydroxylation sites is 1. The molecule has 0 unspecified atom stereocenters. The first kappa shape index (κ1) is 18.6. The predicted molar refractivity (Wildman–Crippen MR) is 97.4 cm³/mol. The summed E-state index contributed by atoms with van der Waals surface area (Å²) in [5.41, 5.74) is 1.01. The molecule has 0 saturated heterocycles. The molecule has 0 heterocycles. The molecule has 0 aromatic heterocycles. The maximum absolute atomic E-state index is 12.3. The Labute approximate surface area is 148 Å². The molecule has 0 saturated carbocycles. The molecular formula is C20H25NO4. The van der Waals surface area contributed by atoms with Gasteiger partial charge in [-0.1, -0.05) is 31.2 Å². The van der Waals surface area contributed by atoms with Crippen LogP contribution < -0.4 is 19.5 Å². The van der Waals surface area contributed by atoms with Crippen LogP contribution in [0.1, 0.15) is 18.9 Å². The summed E-state index contributed by atoms with van der Waals surface area (Å²) in [5.74, 6) is 2.04. The lowest BCUT2D eigenvalue weighted by atomic mass is 10.2. The van der Waals surface area contributed by atoms with E-state index in [1.165, 1.54) is 0 Å². The fourth-order valence-electron chi connectivity index (χ4n) is 2.31. The summed E-state index contributed by atoms with van der Waals surface area (Å²) < 4.78 is 16.6. The number of carbonyl (C=O) groups is 1. The number of nitrogens with one attached hydrogen (secondary N) is 1. The molecule has 5 heteroatoms. The molecule has 1 amide bonds. The summed E-state index contributed by atoms with van der Waals surface area (Å²) in [4.78, 5) is 12.3. The highest BCUT2D eigenvalue weighted by atomic mass is 16.5. The molecule has 2 rings (SSSR count). The Kier molecular flexibility index (Phi) is 7.14. The fraction of sp³-hybridized carbons (Fsp3) is 0.350. The highest BCUT2D eigenvalue weighted by molar-refractivity contribution is 5.81. The molecule has 0 aliphatic rings. The van der Waals surface area contributed by atoms with Crippen molar-refractivity contribution in [2.24, 2.45) is 0 Å². The molecule has 134 valence electrons. The van der Waals surface area contributed by atoms with E-state index in [1.54, 1.807) is 13.2 Å². The number of hydrogen-bond donors (Lipinski definition) is 1. The molecule has 5 nitrogen and oxygen atoms in total. The number of hydrogen-bond acceptors (Lipinski definition) is 4. The maximum atomic E-state index is 12.3. The number of benzene rings is 2. The largest absolute Gasteiger partial charge is 0.497 e. The quantitative estimate of drug-likeness (QED) is 0.710. The van der Waals surface area contributed by atoms with Crippen LogP contribution in [0.15, 0.2) is 48.5 Å². The molecule has 2 aromatic carbocycles. The molecule has 0 fully saturated rings. The normalized spacial score (nSPS) is 11.5. The molecular weight excluding hydrogens is 318 g/mol. The van der Waals surface area contributed by atoms with Crippen molar-refractivity contribution in [1.29, 1.82) is 0 Å². The minimum Gasteiger partial charge on any atom is -0.497 e. The Bertz CT molecular complexity index is 687. The average molecular weight is 343 g/mol. The van der Waals surface area contributed by atoms with Crippen molar-refractivity contribution < 1.29 is 19.0 Å². The van der Waals surface area contributed by atoms with Crippen molar-refractivity contribution in [3.8, 4) is 17.2 Å². The lowest BCUT2D eigenvalue weighted by Crippen LogP contribution is -2.39.